The van der Waals surface area contributed by atoms with Crippen LogP contribution in [0.1, 0.15) is 0 Å². The predicted molar refractivity (Wildman–Crippen MR) is 67.2 cm³/mol. The lowest BCUT2D eigenvalue weighted by Gasteiger charge is -2.01. The van der Waals surface area contributed by atoms with Crippen molar-refractivity contribution in [2.24, 2.45) is 0 Å². The molecule has 0 bridgehead atoms. The van der Waals surface area contributed by atoms with Crippen molar-refractivity contribution < 1.29 is 37.4 Å². The van der Waals surface area contributed by atoms with Crippen LogP contribution in [0.4, 0.5) is 0 Å². The maximum Gasteiger partial charge on any atom is 0.607 e. The quantitative estimate of drug-likeness (QED) is 0.582. The lowest BCUT2D eigenvalue weighted by Crippen LogP contribution is -2.29. The molecule has 0 saturated carbocycles. The second kappa shape index (κ2) is 5.18. The fourth-order valence-electron chi connectivity index (χ4n) is 1.57. The van der Waals surface area contributed by atoms with E-state index in [1.807, 2.05) is 0 Å². The molecule has 0 aliphatic heterocycles. The van der Waals surface area contributed by atoms with Crippen LogP contribution in [0, 0.1) is 0 Å². The summed E-state index contributed by atoms with van der Waals surface area (Å²) in [6.07, 6.45) is 4.95. The Labute approximate surface area is 114 Å². The Morgan fingerprint density at radius 3 is 1.10 bits per heavy atom. The number of rotatable bonds is 3. The predicted octanol–water partition coefficient (Wildman–Crippen LogP) is -0.190. The molecule has 2 heterocycles. The minimum atomic E-state index is -4.35. The molecule has 0 aliphatic carbocycles. The van der Waals surface area contributed by atoms with Crippen LogP contribution >= 0.6 is 15.5 Å². The normalized spacial score (nSPS) is 12.4. The molecule has 106 valence electrons. The molecule has 20 heavy (non-hydrogen) atoms. The molecule has 10 heteroatoms. The van der Waals surface area contributed by atoms with E-state index in [2.05, 4.69) is 0 Å². The number of aromatic nitrogens is 2. The SMILES string of the molecule is O=P(O)(O)[n+]1ccc(-c2cc[n+](P(=O)(O)O)cc2)cc1. The Kier molecular flexibility index (Phi) is 3.88. The van der Waals surface area contributed by atoms with Crippen LogP contribution in [0.25, 0.3) is 11.1 Å². The zero-order valence-corrected chi connectivity index (χ0v) is 11.8. The van der Waals surface area contributed by atoms with Gasteiger partial charge in [-0.15, -0.1) is 8.68 Å². The lowest BCUT2D eigenvalue weighted by atomic mass is 10.1. The molecule has 0 atom stereocenters. The van der Waals surface area contributed by atoms with Gasteiger partial charge in [0.15, 0.2) is 24.8 Å². The summed E-state index contributed by atoms with van der Waals surface area (Å²) in [4.78, 5) is 35.8. The number of hydrogen-bond donors (Lipinski definition) is 4. The highest BCUT2D eigenvalue weighted by Crippen LogP contribution is 2.29. The summed E-state index contributed by atoms with van der Waals surface area (Å²) in [5.74, 6) is 0. The molecule has 0 fully saturated rings. The zero-order valence-electron chi connectivity index (χ0n) is 10.0. The first-order valence-corrected chi connectivity index (χ1v) is 8.47. The number of hydrogen-bond acceptors (Lipinski definition) is 2. The molecule has 0 aliphatic rings. The Morgan fingerprint density at radius 1 is 0.650 bits per heavy atom. The van der Waals surface area contributed by atoms with Crippen molar-refractivity contribution in [1.82, 2.24) is 0 Å². The Bertz CT molecular complexity index is 640. The van der Waals surface area contributed by atoms with Crippen molar-refractivity contribution in [2.75, 3.05) is 0 Å². The molecule has 0 amide bonds. The van der Waals surface area contributed by atoms with Crippen molar-refractivity contribution in [2.45, 2.75) is 0 Å². The van der Waals surface area contributed by atoms with Gasteiger partial charge in [0.1, 0.15) is 0 Å². The maximum atomic E-state index is 11.0. The summed E-state index contributed by atoms with van der Waals surface area (Å²) < 4.78 is 23.6. The fourth-order valence-corrected chi connectivity index (χ4v) is 2.53. The van der Waals surface area contributed by atoms with Gasteiger partial charge in [-0.3, -0.25) is 19.6 Å². The van der Waals surface area contributed by atoms with E-state index >= 15 is 0 Å². The summed E-state index contributed by atoms with van der Waals surface area (Å²) in [5.41, 5.74) is 1.32. The van der Waals surface area contributed by atoms with Gasteiger partial charge >= 0.3 is 15.5 Å². The molecule has 0 spiro atoms. The Morgan fingerprint density at radius 2 is 0.900 bits per heavy atom. The van der Waals surface area contributed by atoms with Crippen LogP contribution in [0.2, 0.25) is 0 Å². The first-order chi connectivity index (χ1) is 9.18. The van der Waals surface area contributed by atoms with Crippen molar-refractivity contribution in [1.29, 1.82) is 0 Å². The van der Waals surface area contributed by atoms with E-state index in [1.165, 1.54) is 49.1 Å². The molecule has 2 aromatic rings. The Balaban J connectivity index is 2.33. The van der Waals surface area contributed by atoms with Crippen LogP contribution in [0.15, 0.2) is 49.1 Å². The summed E-state index contributed by atoms with van der Waals surface area (Å²) >= 11 is 0. The second-order valence-corrected chi connectivity index (χ2v) is 6.94. The molecule has 8 nitrogen and oxygen atoms in total. The number of pyridine rings is 2. The van der Waals surface area contributed by atoms with Crippen molar-refractivity contribution in [3.05, 3.63) is 49.1 Å². The van der Waals surface area contributed by atoms with E-state index in [-0.39, 0.29) is 0 Å². The van der Waals surface area contributed by atoms with E-state index in [9.17, 15) is 9.13 Å². The third-order valence-corrected chi connectivity index (χ3v) is 4.30. The van der Waals surface area contributed by atoms with E-state index in [1.54, 1.807) is 0 Å². The highest BCUT2D eigenvalue weighted by atomic mass is 31.2. The molecule has 4 N–H and O–H groups in total. The van der Waals surface area contributed by atoms with E-state index < -0.39 is 15.5 Å². The molecule has 0 unspecified atom stereocenters. The second-order valence-electron chi connectivity index (χ2n) is 3.96. The van der Waals surface area contributed by atoms with Crippen molar-refractivity contribution in [3.63, 3.8) is 0 Å². The molecular weight excluding hydrogens is 306 g/mol. The first-order valence-electron chi connectivity index (χ1n) is 5.34. The van der Waals surface area contributed by atoms with E-state index in [4.69, 9.17) is 19.6 Å². The van der Waals surface area contributed by atoms with Gasteiger partial charge in [0.2, 0.25) is 0 Å². The zero-order chi connectivity index (χ0) is 15.0. The monoisotopic (exact) mass is 318 g/mol. The summed E-state index contributed by atoms with van der Waals surface area (Å²) in [7, 11) is -8.70. The highest BCUT2D eigenvalue weighted by molar-refractivity contribution is 7.44. The highest BCUT2D eigenvalue weighted by Gasteiger charge is 2.28. The van der Waals surface area contributed by atoms with Crippen LogP contribution < -0.4 is 8.68 Å². The Hall–Kier alpha value is -1.40. The van der Waals surface area contributed by atoms with E-state index in [0.717, 1.165) is 8.68 Å². The van der Waals surface area contributed by atoms with Gasteiger partial charge in [-0.1, -0.05) is 0 Å². The topological polar surface area (TPSA) is 123 Å². The van der Waals surface area contributed by atoms with Gasteiger partial charge in [-0.25, -0.2) is 0 Å². The van der Waals surface area contributed by atoms with Gasteiger partial charge in [0.05, 0.1) is 0 Å². The molecule has 2 aromatic heterocycles. The number of nitrogens with zero attached hydrogens (tertiary/aromatic N) is 2. The summed E-state index contributed by atoms with van der Waals surface area (Å²) in [5, 5.41) is 0. The van der Waals surface area contributed by atoms with Crippen LogP contribution in [-0.4, -0.2) is 19.6 Å². The lowest BCUT2D eigenvalue weighted by molar-refractivity contribution is -0.539. The molecule has 0 radical (unpaired) electrons. The van der Waals surface area contributed by atoms with Crippen molar-refractivity contribution >= 4 is 15.5 Å². The van der Waals surface area contributed by atoms with Gasteiger partial charge < -0.3 is 0 Å². The summed E-state index contributed by atoms with van der Waals surface area (Å²) in [6.45, 7) is 0. The van der Waals surface area contributed by atoms with Gasteiger partial charge in [-0.05, 0) is 11.1 Å². The fraction of sp³-hybridized carbons (Fsp3) is 0. The van der Waals surface area contributed by atoms with Crippen molar-refractivity contribution in [3.8, 4) is 11.1 Å². The standard InChI is InChI=1S/C10H10N2O6P2/c13-19(14,15)11-5-1-9(2-6-11)10-3-7-12(8-4-10)20(16,17)18/h1-8H,(H2-2,13,14,15,16,17,18)/p+2. The first kappa shape index (κ1) is 15.0. The average molecular weight is 318 g/mol. The third kappa shape index (κ3) is 3.37. The van der Waals surface area contributed by atoms with Gasteiger partial charge in [0, 0.05) is 24.3 Å². The third-order valence-electron chi connectivity index (χ3n) is 2.56. The van der Waals surface area contributed by atoms with E-state index in [0.29, 0.717) is 11.1 Å². The van der Waals surface area contributed by atoms with Gasteiger partial charge in [0.25, 0.3) is 0 Å². The molecule has 0 saturated heterocycles. The average Bonchev–Trinajstić information content (AvgIpc) is 2.37. The van der Waals surface area contributed by atoms with Gasteiger partial charge in [-0.2, -0.15) is 9.13 Å². The molecule has 0 aromatic carbocycles. The minimum Gasteiger partial charge on any atom is -0.271 e. The summed E-state index contributed by atoms with van der Waals surface area (Å²) in [6, 6.07) is 5.99. The molecular formula is C10H12N2O6P2+2. The van der Waals surface area contributed by atoms with Crippen LogP contribution in [0.3, 0.4) is 0 Å². The van der Waals surface area contributed by atoms with Crippen LogP contribution in [-0.2, 0) is 9.13 Å². The minimum absolute atomic E-state index is 0.660. The van der Waals surface area contributed by atoms with Crippen LogP contribution in [0.5, 0.6) is 0 Å². The smallest absolute Gasteiger partial charge is 0.271 e. The maximum absolute atomic E-state index is 11.0. The largest absolute Gasteiger partial charge is 0.607 e. The molecule has 2 rings (SSSR count).